The second-order valence-electron chi connectivity index (χ2n) is 5.31. The Bertz CT molecular complexity index is 624. The fourth-order valence-electron chi connectivity index (χ4n) is 2.86. The van der Waals surface area contributed by atoms with Gasteiger partial charge in [0.1, 0.15) is 18.5 Å². The van der Waals surface area contributed by atoms with E-state index in [-0.39, 0.29) is 0 Å². The molecule has 2 N–H and O–H groups in total. The summed E-state index contributed by atoms with van der Waals surface area (Å²) < 4.78 is 5.87. The third-order valence-corrected chi connectivity index (χ3v) is 3.85. The molecular formula is C18H21NO2. The minimum Gasteiger partial charge on any atom is -0.492 e. The molecule has 0 amide bonds. The van der Waals surface area contributed by atoms with Gasteiger partial charge in [0.2, 0.25) is 0 Å². The maximum Gasteiger partial charge on any atom is 0.126 e. The van der Waals surface area contributed by atoms with Crippen LogP contribution in [0.4, 0.5) is 0 Å². The number of rotatable bonds is 6. The summed E-state index contributed by atoms with van der Waals surface area (Å²) in [5, 5.41) is 13.9. The normalized spacial score (nSPS) is 15.6. The van der Waals surface area contributed by atoms with Crippen LogP contribution < -0.4 is 10.1 Å². The first-order valence-electron chi connectivity index (χ1n) is 7.56. The smallest absolute Gasteiger partial charge is 0.126 e. The molecule has 2 aromatic carbocycles. The van der Waals surface area contributed by atoms with Crippen molar-refractivity contribution >= 4 is 0 Å². The second-order valence-corrected chi connectivity index (χ2v) is 5.31. The fourth-order valence-corrected chi connectivity index (χ4v) is 2.86. The summed E-state index contributed by atoms with van der Waals surface area (Å²) in [5.41, 5.74) is 4.05. The Morgan fingerprint density at radius 1 is 1.05 bits per heavy atom. The van der Waals surface area contributed by atoms with E-state index < -0.39 is 6.10 Å². The number of ether oxygens (including phenoxy) is 1. The van der Waals surface area contributed by atoms with Crippen LogP contribution in [0.3, 0.4) is 0 Å². The highest BCUT2D eigenvalue weighted by Crippen LogP contribution is 2.47. The van der Waals surface area contributed by atoms with Crippen LogP contribution in [0.2, 0.25) is 0 Å². The van der Waals surface area contributed by atoms with Gasteiger partial charge >= 0.3 is 0 Å². The Balaban J connectivity index is 1.80. The second kappa shape index (κ2) is 6.29. The van der Waals surface area contributed by atoms with E-state index in [4.69, 9.17) is 4.74 Å². The lowest BCUT2D eigenvalue weighted by Gasteiger charge is -2.13. The fraction of sp³-hybridized carbons (Fsp3) is 0.333. The molecule has 3 heteroatoms. The molecule has 1 atom stereocenters. The lowest BCUT2D eigenvalue weighted by Crippen LogP contribution is -2.21. The van der Waals surface area contributed by atoms with Gasteiger partial charge in [-0.2, -0.15) is 0 Å². The van der Waals surface area contributed by atoms with E-state index in [1.54, 1.807) is 0 Å². The maximum atomic E-state index is 10.6. The standard InChI is InChI=1S/C18H21NO2/c1-2-10-19-11-12-21-16-9-5-8-14-13-6-3-4-7-15(13)18(20)17(14)16/h3-9,18-20H,2,10-12H2,1H3/t18-/m0/s1. The maximum absolute atomic E-state index is 10.6. The van der Waals surface area contributed by atoms with Crippen LogP contribution >= 0.6 is 0 Å². The van der Waals surface area contributed by atoms with Crippen molar-refractivity contribution in [3.8, 4) is 16.9 Å². The van der Waals surface area contributed by atoms with E-state index >= 15 is 0 Å². The summed E-state index contributed by atoms with van der Waals surface area (Å²) in [7, 11) is 0. The van der Waals surface area contributed by atoms with Crippen LogP contribution in [-0.2, 0) is 0 Å². The van der Waals surface area contributed by atoms with Crippen molar-refractivity contribution in [2.45, 2.75) is 19.4 Å². The monoisotopic (exact) mass is 283 g/mol. The molecule has 1 aliphatic carbocycles. The molecule has 110 valence electrons. The van der Waals surface area contributed by atoms with Gasteiger partial charge in [0.25, 0.3) is 0 Å². The molecular weight excluding hydrogens is 262 g/mol. The van der Waals surface area contributed by atoms with Crippen LogP contribution in [0.25, 0.3) is 11.1 Å². The Labute approximate surface area is 125 Å². The average Bonchev–Trinajstić information content (AvgIpc) is 2.82. The SMILES string of the molecule is CCCNCCOc1cccc2c1[C@@H](O)c1ccccc1-2. The van der Waals surface area contributed by atoms with Gasteiger partial charge in [-0.3, -0.25) is 0 Å². The van der Waals surface area contributed by atoms with Crippen molar-refractivity contribution < 1.29 is 9.84 Å². The quantitative estimate of drug-likeness (QED) is 0.800. The summed E-state index contributed by atoms with van der Waals surface area (Å²) in [5.74, 6) is 0.787. The lowest BCUT2D eigenvalue weighted by atomic mass is 10.1. The molecule has 21 heavy (non-hydrogen) atoms. The third kappa shape index (κ3) is 2.67. The number of benzene rings is 2. The zero-order chi connectivity index (χ0) is 14.7. The van der Waals surface area contributed by atoms with Gasteiger partial charge in [-0.05, 0) is 35.7 Å². The van der Waals surface area contributed by atoms with Crippen LogP contribution in [0.5, 0.6) is 5.75 Å². The molecule has 0 spiro atoms. The molecule has 1 aliphatic rings. The van der Waals surface area contributed by atoms with Gasteiger partial charge in [-0.25, -0.2) is 0 Å². The highest BCUT2D eigenvalue weighted by Gasteiger charge is 2.29. The molecule has 0 aliphatic heterocycles. The minimum absolute atomic E-state index is 0.587. The van der Waals surface area contributed by atoms with Crippen LogP contribution in [-0.4, -0.2) is 24.8 Å². The summed E-state index contributed by atoms with van der Waals surface area (Å²) >= 11 is 0. The highest BCUT2D eigenvalue weighted by molar-refractivity contribution is 5.80. The number of aliphatic hydroxyl groups is 1. The Morgan fingerprint density at radius 2 is 1.86 bits per heavy atom. The van der Waals surface area contributed by atoms with E-state index in [0.29, 0.717) is 6.61 Å². The van der Waals surface area contributed by atoms with Gasteiger partial charge in [0.15, 0.2) is 0 Å². The first-order chi connectivity index (χ1) is 10.3. The van der Waals surface area contributed by atoms with E-state index in [1.165, 1.54) is 0 Å². The van der Waals surface area contributed by atoms with Crippen molar-refractivity contribution in [1.82, 2.24) is 5.32 Å². The van der Waals surface area contributed by atoms with Crippen molar-refractivity contribution in [3.05, 3.63) is 53.6 Å². The Kier molecular flexibility index (Phi) is 4.23. The molecule has 0 radical (unpaired) electrons. The minimum atomic E-state index is -0.587. The number of nitrogens with one attached hydrogen (secondary N) is 1. The lowest BCUT2D eigenvalue weighted by molar-refractivity contribution is 0.215. The predicted octanol–water partition coefficient (Wildman–Crippen LogP) is 3.13. The molecule has 3 rings (SSSR count). The summed E-state index contributed by atoms with van der Waals surface area (Å²) in [6, 6.07) is 14.0. The van der Waals surface area contributed by atoms with Crippen molar-refractivity contribution in [3.63, 3.8) is 0 Å². The van der Waals surface area contributed by atoms with Gasteiger partial charge in [0, 0.05) is 12.1 Å². The molecule has 0 aromatic heterocycles. The molecule has 2 aromatic rings. The summed E-state index contributed by atoms with van der Waals surface area (Å²) in [6.45, 7) is 4.58. The van der Waals surface area contributed by atoms with Crippen molar-refractivity contribution in [2.75, 3.05) is 19.7 Å². The van der Waals surface area contributed by atoms with E-state index in [0.717, 1.165) is 47.5 Å². The van der Waals surface area contributed by atoms with Gasteiger partial charge in [0.05, 0.1) is 0 Å². The molecule has 0 fully saturated rings. The molecule has 0 bridgehead atoms. The highest BCUT2D eigenvalue weighted by atomic mass is 16.5. The van der Waals surface area contributed by atoms with Gasteiger partial charge < -0.3 is 15.2 Å². The number of hydrogen-bond donors (Lipinski definition) is 2. The topological polar surface area (TPSA) is 41.5 Å². The first-order valence-corrected chi connectivity index (χ1v) is 7.56. The molecule has 0 heterocycles. The molecule has 3 nitrogen and oxygen atoms in total. The van der Waals surface area contributed by atoms with Gasteiger partial charge in [-0.1, -0.05) is 43.3 Å². The van der Waals surface area contributed by atoms with Crippen LogP contribution in [0, 0.1) is 0 Å². The van der Waals surface area contributed by atoms with Crippen LogP contribution in [0.15, 0.2) is 42.5 Å². The molecule has 0 saturated heterocycles. The Hall–Kier alpha value is -1.84. The number of fused-ring (bicyclic) bond motifs is 3. The first kappa shape index (κ1) is 14.1. The summed E-state index contributed by atoms with van der Waals surface area (Å²) in [6.07, 6.45) is 0.533. The number of aliphatic hydroxyl groups excluding tert-OH is 1. The van der Waals surface area contributed by atoms with E-state index in [2.05, 4.69) is 18.3 Å². The Morgan fingerprint density at radius 3 is 2.71 bits per heavy atom. The average molecular weight is 283 g/mol. The van der Waals surface area contributed by atoms with Crippen molar-refractivity contribution in [1.29, 1.82) is 0 Å². The zero-order valence-electron chi connectivity index (χ0n) is 12.3. The third-order valence-electron chi connectivity index (χ3n) is 3.85. The van der Waals surface area contributed by atoms with Gasteiger partial charge in [-0.15, -0.1) is 0 Å². The van der Waals surface area contributed by atoms with E-state index in [1.807, 2.05) is 36.4 Å². The summed E-state index contributed by atoms with van der Waals surface area (Å²) in [4.78, 5) is 0. The van der Waals surface area contributed by atoms with Crippen LogP contribution in [0.1, 0.15) is 30.6 Å². The van der Waals surface area contributed by atoms with Crippen molar-refractivity contribution in [2.24, 2.45) is 0 Å². The molecule has 0 unspecified atom stereocenters. The molecule has 0 saturated carbocycles. The number of hydrogen-bond acceptors (Lipinski definition) is 3. The predicted molar refractivity (Wildman–Crippen MR) is 84.6 cm³/mol. The largest absolute Gasteiger partial charge is 0.492 e. The van der Waals surface area contributed by atoms with E-state index in [9.17, 15) is 5.11 Å². The zero-order valence-corrected chi connectivity index (χ0v) is 12.3.